The van der Waals surface area contributed by atoms with Crippen molar-refractivity contribution in [2.75, 3.05) is 13.1 Å². The molecule has 0 aromatic heterocycles. The molecule has 3 rings (SSSR count). The quantitative estimate of drug-likeness (QED) is 0.588. The van der Waals surface area contributed by atoms with E-state index in [1.54, 1.807) is 0 Å². The zero-order valence-electron chi connectivity index (χ0n) is 14.7. The standard InChI is InChI=1S/C20H18BrClF3NO2/c21-16-4-2-1-3-14(16)18(26-9-7-12(8-10-26)19(27)28)15-11-13(20(23,24)25)5-6-17(15)22/h1-6,11-12,18H,7-10H2,(H,27,28). The SMILES string of the molecule is O=C(O)C1CCN(C(c2cc(C(F)(F)F)ccc2Cl)c2ccccc2Br)CC1. The summed E-state index contributed by atoms with van der Waals surface area (Å²) in [6.45, 7) is 0.908. The maximum Gasteiger partial charge on any atom is 0.416 e. The van der Waals surface area contributed by atoms with Crippen LogP contribution in [0.1, 0.15) is 35.6 Å². The van der Waals surface area contributed by atoms with Gasteiger partial charge in [-0.25, -0.2) is 0 Å². The van der Waals surface area contributed by atoms with Crippen molar-refractivity contribution in [3.05, 3.63) is 68.7 Å². The lowest BCUT2D eigenvalue weighted by atomic mass is 9.90. The summed E-state index contributed by atoms with van der Waals surface area (Å²) in [4.78, 5) is 13.3. The minimum atomic E-state index is -4.48. The van der Waals surface area contributed by atoms with Gasteiger partial charge < -0.3 is 5.11 Å². The maximum atomic E-state index is 13.3. The number of nitrogens with zero attached hydrogens (tertiary/aromatic N) is 1. The predicted octanol–water partition coefficient (Wildman–Crippen LogP) is 6.01. The van der Waals surface area contributed by atoms with Gasteiger partial charge in [-0.15, -0.1) is 0 Å². The van der Waals surface area contributed by atoms with Crippen LogP contribution in [-0.4, -0.2) is 29.1 Å². The fraction of sp³-hybridized carbons (Fsp3) is 0.350. The zero-order chi connectivity index (χ0) is 20.5. The Morgan fingerprint density at radius 1 is 1.14 bits per heavy atom. The molecule has 1 atom stereocenters. The largest absolute Gasteiger partial charge is 0.481 e. The molecule has 1 unspecified atom stereocenters. The van der Waals surface area contributed by atoms with E-state index in [1.165, 1.54) is 6.07 Å². The van der Waals surface area contributed by atoms with Gasteiger partial charge in [-0.2, -0.15) is 13.2 Å². The normalized spacial score (nSPS) is 17.5. The fourth-order valence-electron chi connectivity index (χ4n) is 3.59. The molecule has 1 saturated heterocycles. The van der Waals surface area contributed by atoms with E-state index in [-0.39, 0.29) is 5.02 Å². The molecule has 8 heteroatoms. The molecule has 1 fully saturated rings. The van der Waals surface area contributed by atoms with E-state index in [4.69, 9.17) is 11.6 Å². The van der Waals surface area contributed by atoms with Crippen LogP contribution in [0.15, 0.2) is 46.9 Å². The highest BCUT2D eigenvalue weighted by molar-refractivity contribution is 9.10. The number of halogens is 5. The second kappa shape index (κ2) is 8.43. The summed E-state index contributed by atoms with van der Waals surface area (Å²) in [5.41, 5.74) is 0.388. The van der Waals surface area contributed by atoms with Crippen LogP contribution in [0.25, 0.3) is 0 Å². The Kier molecular flexibility index (Phi) is 6.37. The Morgan fingerprint density at radius 2 is 1.79 bits per heavy atom. The molecule has 150 valence electrons. The maximum absolute atomic E-state index is 13.3. The smallest absolute Gasteiger partial charge is 0.416 e. The van der Waals surface area contributed by atoms with E-state index < -0.39 is 29.7 Å². The molecule has 0 bridgehead atoms. The third kappa shape index (κ3) is 4.53. The highest BCUT2D eigenvalue weighted by atomic mass is 79.9. The van der Waals surface area contributed by atoms with Crippen LogP contribution >= 0.6 is 27.5 Å². The monoisotopic (exact) mass is 475 g/mol. The van der Waals surface area contributed by atoms with Crippen molar-refractivity contribution in [2.24, 2.45) is 5.92 Å². The lowest BCUT2D eigenvalue weighted by Crippen LogP contribution is -2.39. The Morgan fingerprint density at radius 3 is 2.36 bits per heavy atom. The van der Waals surface area contributed by atoms with Crippen LogP contribution in [-0.2, 0) is 11.0 Å². The van der Waals surface area contributed by atoms with Gasteiger partial charge in [0.25, 0.3) is 0 Å². The Labute approximate surface area is 174 Å². The average Bonchev–Trinajstić information content (AvgIpc) is 2.64. The molecule has 3 nitrogen and oxygen atoms in total. The van der Waals surface area contributed by atoms with Gasteiger partial charge in [0, 0.05) is 9.50 Å². The zero-order valence-corrected chi connectivity index (χ0v) is 17.1. The van der Waals surface area contributed by atoms with Crippen molar-refractivity contribution in [3.63, 3.8) is 0 Å². The number of aliphatic carboxylic acids is 1. The number of hydrogen-bond acceptors (Lipinski definition) is 2. The summed E-state index contributed by atoms with van der Waals surface area (Å²) in [5.74, 6) is -1.28. The molecule has 1 heterocycles. The first-order chi connectivity index (χ1) is 13.2. The summed E-state index contributed by atoms with van der Waals surface area (Å²) in [7, 11) is 0. The number of carbonyl (C=O) groups is 1. The van der Waals surface area contributed by atoms with Crippen molar-refractivity contribution in [2.45, 2.75) is 25.1 Å². The summed E-state index contributed by atoms with van der Waals surface area (Å²) >= 11 is 9.83. The molecule has 0 amide bonds. The first kappa shape index (κ1) is 21.1. The summed E-state index contributed by atoms with van der Waals surface area (Å²) < 4.78 is 40.6. The molecule has 2 aromatic carbocycles. The van der Waals surface area contributed by atoms with Crippen LogP contribution in [0.2, 0.25) is 5.02 Å². The van der Waals surface area contributed by atoms with Gasteiger partial charge in [-0.3, -0.25) is 9.69 Å². The number of carboxylic acids is 1. The number of rotatable bonds is 4. The van der Waals surface area contributed by atoms with Gasteiger partial charge >= 0.3 is 12.1 Å². The number of likely N-dealkylation sites (tertiary alicyclic amines) is 1. The van der Waals surface area contributed by atoms with Gasteiger partial charge in [-0.05, 0) is 61.3 Å². The highest BCUT2D eigenvalue weighted by Crippen LogP contribution is 2.41. The number of carboxylic acid groups (broad SMARTS) is 1. The highest BCUT2D eigenvalue weighted by Gasteiger charge is 2.35. The van der Waals surface area contributed by atoms with Crippen LogP contribution in [0.5, 0.6) is 0 Å². The van der Waals surface area contributed by atoms with Crippen molar-refractivity contribution in [1.82, 2.24) is 4.90 Å². The molecule has 2 aromatic rings. The number of piperidine rings is 1. The Hall–Kier alpha value is -1.57. The second-order valence-corrected chi connectivity index (χ2v) is 8.07. The van der Waals surface area contributed by atoms with Crippen LogP contribution in [0.4, 0.5) is 13.2 Å². The molecule has 1 aliphatic heterocycles. The van der Waals surface area contributed by atoms with Gasteiger partial charge in [0.05, 0.1) is 17.5 Å². The van der Waals surface area contributed by atoms with Gasteiger partial charge in [0.2, 0.25) is 0 Å². The lowest BCUT2D eigenvalue weighted by Gasteiger charge is -2.38. The molecule has 1 aliphatic rings. The minimum absolute atomic E-state index is 0.245. The molecular formula is C20H18BrClF3NO2. The number of benzene rings is 2. The first-order valence-corrected chi connectivity index (χ1v) is 9.93. The van der Waals surface area contributed by atoms with Crippen molar-refractivity contribution in [3.8, 4) is 0 Å². The van der Waals surface area contributed by atoms with Gasteiger partial charge in [0.15, 0.2) is 0 Å². The fourth-order valence-corrected chi connectivity index (χ4v) is 4.31. The number of hydrogen-bond donors (Lipinski definition) is 1. The molecule has 1 N–H and O–H groups in total. The molecular weight excluding hydrogens is 459 g/mol. The molecule has 0 spiro atoms. The summed E-state index contributed by atoms with van der Waals surface area (Å²) in [6, 6.07) is 10.1. The molecule has 0 aliphatic carbocycles. The van der Waals surface area contributed by atoms with E-state index in [1.807, 2.05) is 29.2 Å². The second-order valence-electron chi connectivity index (χ2n) is 6.81. The van der Waals surface area contributed by atoms with Gasteiger partial charge in [-0.1, -0.05) is 45.7 Å². The van der Waals surface area contributed by atoms with E-state index >= 15 is 0 Å². The molecule has 0 saturated carbocycles. The van der Waals surface area contributed by atoms with Crippen molar-refractivity contribution >= 4 is 33.5 Å². The first-order valence-electron chi connectivity index (χ1n) is 8.76. The van der Waals surface area contributed by atoms with E-state index in [2.05, 4.69) is 15.9 Å². The van der Waals surface area contributed by atoms with Crippen LogP contribution in [0.3, 0.4) is 0 Å². The molecule has 28 heavy (non-hydrogen) atoms. The summed E-state index contributed by atoms with van der Waals surface area (Å²) in [5, 5.41) is 9.48. The number of alkyl halides is 3. The Bertz CT molecular complexity index is 867. The predicted molar refractivity (Wildman–Crippen MR) is 104 cm³/mol. The van der Waals surface area contributed by atoms with Gasteiger partial charge in [0.1, 0.15) is 0 Å². The van der Waals surface area contributed by atoms with E-state index in [0.29, 0.717) is 31.5 Å². The van der Waals surface area contributed by atoms with E-state index in [9.17, 15) is 23.1 Å². The van der Waals surface area contributed by atoms with Crippen molar-refractivity contribution in [1.29, 1.82) is 0 Å². The third-order valence-electron chi connectivity index (χ3n) is 5.06. The summed E-state index contributed by atoms with van der Waals surface area (Å²) in [6.07, 6.45) is -3.60. The molecule has 0 radical (unpaired) electrons. The van der Waals surface area contributed by atoms with Crippen LogP contribution in [0, 0.1) is 5.92 Å². The topological polar surface area (TPSA) is 40.5 Å². The third-order valence-corrected chi connectivity index (χ3v) is 6.13. The Balaban J connectivity index is 2.06. The van der Waals surface area contributed by atoms with Crippen LogP contribution < -0.4 is 0 Å². The van der Waals surface area contributed by atoms with E-state index in [0.717, 1.165) is 22.2 Å². The lowest BCUT2D eigenvalue weighted by molar-refractivity contribution is -0.143. The van der Waals surface area contributed by atoms with Crippen molar-refractivity contribution < 1.29 is 23.1 Å². The average molecular weight is 477 g/mol. The minimum Gasteiger partial charge on any atom is -0.481 e.